The van der Waals surface area contributed by atoms with Gasteiger partial charge in [-0.25, -0.2) is 4.98 Å². The molecule has 8 nitrogen and oxygen atoms in total. The van der Waals surface area contributed by atoms with Crippen LogP contribution in [0.1, 0.15) is 34.9 Å². The maximum absolute atomic E-state index is 11.4. The number of nitro benzene ring substituents is 1. The molecule has 5 aromatic rings. The third-order valence-corrected chi connectivity index (χ3v) is 7.75. The first-order valence-corrected chi connectivity index (χ1v) is 13.5. The maximum atomic E-state index is 11.4. The van der Waals surface area contributed by atoms with Crippen molar-refractivity contribution in [1.82, 2.24) is 9.55 Å². The lowest BCUT2D eigenvalue weighted by atomic mass is 9.95. The number of allylic oxidation sites excluding steroid dienone is 3. The zero-order chi connectivity index (χ0) is 30.2. The fourth-order valence-electron chi connectivity index (χ4n) is 5.70. The van der Waals surface area contributed by atoms with E-state index in [0.29, 0.717) is 22.4 Å². The predicted molar refractivity (Wildman–Crippen MR) is 167 cm³/mol. The van der Waals surface area contributed by atoms with Gasteiger partial charge in [0.05, 0.1) is 33.1 Å². The number of nitrogens with zero attached hydrogens (tertiary/aromatic N) is 5. The molecule has 0 fully saturated rings. The third kappa shape index (κ3) is 4.44. The van der Waals surface area contributed by atoms with Crippen LogP contribution in [-0.2, 0) is 0 Å². The number of anilines is 1. The van der Waals surface area contributed by atoms with Crippen molar-refractivity contribution in [3.05, 3.63) is 135 Å². The minimum atomic E-state index is -0.413. The van der Waals surface area contributed by atoms with Crippen LogP contribution in [0.3, 0.4) is 0 Å². The number of hydrogen-bond donors (Lipinski definition) is 1. The molecule has 8 heteroatoms. The summed E-state index contributed by atoms with van der Waals surface area (Å²) in [4.78, 5) is 15.5. The summed E-state index contributed by atoms with van der Waals surface area (Å²) in [6.07, 6.45) is 2.03. The van der Waals surface area contributed by atoms with Gasteiger partial charge in [0, 0.05) is 28.9 Å². The number of nitriles is 2. The van der Waals surface area contributed by atoms with Gasteiger partial charge in [0.1, 0.15) is 18.0 Å². The molecule has 0 unspecified atom stereocenters. The number of fused-ring (bicyclic) bond motifs is 1. The molecule has 0 spiro atoms. The molecule has 1 aliphatic carbocycles. The zero-order valence-electron chi connectivity index (χ0n) is 23.4. The molecule has 2 N–H and O–H groups in total. The fraction of sp³-hybridized carbons (Fsp3) is 0.0571. The molecule has 43 heavy (non-hydrogen) atoms. The second-order valence-electron chi connectivity index (χ2n) is 10.2. The van der Waals surface area contributed by atoms with Crippen molar-refractivity contribution in [3.63, 3.8) is 0 Å². The molecule has 206 valence electrons. The summed E-state index contributed by atoms with van der Waals surface area (Å²) in [6, 6.07) is 32.8. The fourth-order valence-corrected chi connectivity index (χ4v) is 5.70. The van der Waals surface area contributed by atoms with Gasteiger partial charge >= 0.3 is 0 Å². The number of rotatable bonds is 5. The number of hydrogen-bond acceptors (Lipinski definition) is 6. The molecule has 3 aromatic carbocycles. The molecule has 0 atom stereocenters. The Morgan fingerprint density at radius 2 is 1.53 bits per heavy atom. The Kier molecular flexibility index (Phi) is 6.66. The predicted octanol–water partition coefficient (Wildman–Crippen LogP) is 7.73. The molecular weight excluding hydrogens is 536 g/mol. The lowest BCUT2D eigenvalue weighted by Gasteiger charge is -2.15. The molecule has 2 heterocycles. The summed E-state index contributed by atoms with van der Waals surface area (Å²) in [5.41, 5.74) is 15.4. The highest BCUT2D eigenvalue weighted by Crippen LogP contribution is 2.46. The van der Waals surface area contributed by atoms with Gasteiger partial charge < -0.3 is 10.3 Å². The van der Waals surface area contributed by atoms with Gasteiger partial charge in [0.25, 0.3) is 5.69 Å². The Bertz CT molecular complexity index is 2080. The van der Waals surface area contributed by atoms with Gasteiger partial charge in [-0.3, -0.25) is 10.1 Å². The standard InChI is InChI=1S/C35H24N6O2/c1-21-28(32-22(2)30(20-37)35(38)39-33(32)29(21)19-36)17-25-18-31(23-9-5-3-6-10-23)40(34(25)24-11-7-4-8-12-24)26-13-15-27(16-14-26)41(42)43/h3-18H,1-2H3,(H2,38,39)/b28-17+. The van der Waals surface area contributed by atoms with Crippen LogP contribution in [0.2, 0.25) is 0 Å². The van der Waals surface area contributed by atoms with Gasteiger partial charge in [-0.1, -0.05) is 60.7 Å². The van der Waals surface area contributed by atoms with Crippen molar-refractivity contribution in [3.8, 4) is 40.3 Å². The van der Waals surface area contributed by atoms with Crippen molar-refractivity contribution < 1.29 is 4.92 Å². The van der Waals surface area contributed by atoms with Crippen LogP contribution in [0.5, 0.6) is 0 Å². The van der Waals surface area contributed by atoms with E-state index in [0.717, 1.165) is 44.9 Å². The van der Waals surface area contributed by atoms with E-state index in [4.69, 9.17) is 5.73 Å². The first-order chi connectivity index (χ1) is 20.8. The van der Waals surface area contributed by atoms with Crippen molar-refractivity contribution in [2.75, 3.05) is 5.73 Å². The van der Waals surface area contributed by atoms with E-state index in [1.807, 2.05) is 80.6 Å². The van der Waals surface area contributed by atoms with E-state index >= 15 is 0 Å². The van der Waals surface area contributed by atoms with E-state index in [-0.39, 0.29) is 17.1 Å². The Morgan fingerprint density at radius 3 is 2.12 bits per heavy atom. The topological polar surface area (TPSA) is 135 Å². The molecule has 0 aliphatic heterocycles. The van der Waals surface area contributed by atoms with Crippen LogP contribution in [0.4, 0.5) is 11.5 Å². The molecule has 1 aliphatic rings. The molecule has 0 bridgehead atoms. The van der Waals surface area contributed by atoms with Gasteiger partial charge in [-0.15, -0.1) is 0 Å². The number of nitrogen functional groups attached to an aromatic ring is 1. The van der Waals surface area contributed by atoms with Crippen molar-refractivity contribution in [2.24, 2.45) is 0 Å². The van der Waals surface area contributed by atoms with Crippen LogP contribution in [-0.4, -0.2) is 14.5 Å². The van der Waals surface area contributed by atoms with Crippen LogP contribution < -0.4 is 5.73 Å². The number of non-ortho nitro benzene ring substituents is 1. The Hall–Kier alpha value is -6.25. The maximum Gasteiger partial charge on any atom is 0.269 e. The summed E-state index contributed by atoms with van der Waals surface area (Å²) >= 11 is 0. The quantitative estimate of drug-likeness (QED) is 0.173. The number of nitro groups is 1. The Labute approximate surface area is 248 Å². The second-order valence-corrected chi connectivity index (χ2v) is 10.2. The average Bonchev–Trinajstić information content (AvgIpc) is 3.53. The summed E-state index contributed by atoms with van der Waals surface area (Å²) in [6.45, 7) is 3.70. The highest BCUT2D eigenvalue weighted by atomic mass is 16.6. The summed E-state index contributed by atoms with van der Waals surface area (Å²) < 4.78 is 2.09. The minimum absolute atomic E-state index is 0.00340. The molecule has 0 saturated heterocycles. The monoisotopic (exact) mass is 560 g/mol. The second kappa shape index (κ2) is 10.6. The van der Waals surface area contributed by atoms with Gasteiger partial charge in [0.2, 0.25) is 0 Å². The first kappa shape index (κ1) is 26.9. The number of nitrogens with two attached hydrogens (primary N) is 1. The molecule has 0 saturated carbocycles. The van der Waals surface area contributed by atoms with Gasteiger partial charge in [-0.05, 0) is 66.0 Å². The highest BCUT2D eigenvalue weighted by Gasteiger charge is 2.30. The molecule has 2 aromatic heterocycles. The third-order valence-electron chi connectivity index (χ3n) is 7.75. The van der Waals surface area contributed by atoms with Crippen LogP contribution in [0, 0.1) is 39.7 Å². The van der Waals surface area contributed by atoms with Crippen molar-refractivity contribution in [2.45, 2.75) is 13.8 Å². The van der Waals surface area contributed by atoms with Gasteiger partial charge in [0.15, 0.2) is 0 Å². The highest BCUT2D eigenvalue weighted by molar-refractivity contribution is 6.09. The number of benzene rings is 3. The summed E-state index contributed by atoms with van der Waals surface area (Å²) in [5.74, 6) is 0.0983. The largest absolute Gasteiger partial charge is 0.383 e. The summed E-state index contributed by atoms with van der Waals surface area (Å²) in [5, 5.41) is 31.3. The first-order valence-electron chi connectivity index (χ1n) is 13.5. The normalized spacial score (nSPS) is 13.1. The van der Waals surface area contributed by atoms with E-state index in [2.05, 4.69) is 27.8 Å². The van der Waals surface area contributed by atoms with E-state index in [1.54, 1.807) is 12.1 Å². The van der Waals surface area contributed by atoms with E-state index in [9.17, 15) is 20.6 Å². The van der Waals surface area contributed by atoms with Crippen LogP contribution in [0.15, 0.2) is 96.6 Å². The Balaban J connectivity index is 1.71. The lowest BCUT2D eigenvalue weighted by Crippen LogP contribution is -2.04. The van der Waals surface area contributed by atoms with E-state index < -0.39 is 4.92 Å². The number of pyridine rings is 1. The van der Waals surface area contributed by atoms with Crippen molar-refractivity contribution >= 4 is 28.7 Å². The lowest BCUT2D eigenvalue weighted by molar-refractivity contribution is -0.384. The van der Waals surface area contributed by atoms with Crippen LogP contribution >= 0.6 is 0 Å². The van der Waals surface area contributed by atoms with Crippen LogP contribution in [0.25, 0.3) is 45.4 Å². The average molecular weight is 561 g/mol. The molecule has 6 rings (SSSR count). The van der Waals surface area contributed by atoms with E-state index in [1.165, 1.54) is 12.1 Å². The molecule has 0 radical (unpaired) electrons. The summed E-state index contributed by atoms with van der Waals surface area (Å²) in [7, 11) is 0. The molecule has 0 amide bonds. The number of aromatic nitrogens is 2. The minimum Gasteiger partial charge on any atom is -0.383 e. The molecular formula is C35H24N6O2. The van der Waals surface area contributed by atoms with Gasteiger partial charge in [-0.2, -0.15) is 10.5 Å². The SMILES string of the molecule is CC1=C(C#N)c2nc(N)c(C#N)c(C)c2/C1=C/c1cc(-c2ccccc2)n(-c2ccc([N+](=O)[O-])cc2)c1-c1ccccc1. The zero-order valence-corrected chi connectivity index (χ0v) is 23.4. The van der Waals surface area contributed by atoms with Crippen molar-refractivity contribution in [1.29, 1.82) is 10.5 Å². The Morgan fingerprint density at radius 1 is 0.907 bits per heavy atom. The smallest absolute Gasteiger partial charge is 0.269 e.